The van der Waals surface area contributed by atoms with Gasteiger partial charge in [-0.25, -0.2) is 0 Å². The second-order valence-electron chi connectivity index (χ2n) is 6.41. The maximum Gasteiger partial charge on any atom is 0.339 e. The molecule has 0 bridgehead atoms. The number of aliphatic hydroxyl groups excluding tert-OH is 1. The van der Waals surface area contributed by atoms with Gasteiger partial charge in [-0.1, -0.05) is 42.5 Å². The van der Waals surface area contributed by atoms with E-state index in [-0.39, 0.29) is 10.6 Å². The summed E-state index contributed by atoms with van der Waals surface area (Å²) in [6.45, 7) is 0.964. The van der Waals surface area contributed by atoms with Crippen molar-refractivity contribution in [2.45, 2.75) is 17.5 Å². The van der Waals surface area contributed by atoms with Crippen LogP contribution in [0.5, 0.6) is 11.5 Å². The molecule has 0 radical (unpaired) electrons. The Kier molecular flexibility index (Phi) is 6.87. The van der Waals surface area contributed by atoms with E-state index in [4.69, 9.17) is 8.92 Å². The number of hydrogen-bond acceptors (Lipinski definition) is 6. The summed E-state index contributed by atoms with van der Waals surface area (Å²) in [5, 5.41) is 13.5. The number of nitrogens with one attached hydrogen (secondary N) is 1. The van der Waals surface area contributed by atoms with Gasteiger partial charge in [0.2, 0.25) is 0 Å². The monoisotopic (exact) mass is 413 g/mol. The van der Waals surface area contributed by atoms with Crippen molar-refractivity contribution < 1.29 is 22.4 Å². The van der Waals surface area contributed by atoms with Crippen LogP contribution in [0, 0.1) is 0 Å². The third-order valence-electron chi connectivity index (χ3n) is 4.33. The summed E-state index contributed by atoms with van der Waals surface area (Å²) in [5.74, 6) is 0.987. The van der Waals surface area contributed by atoms with Gasteiger partial charge in [0, 0.05) is 13.1 Å². The zero-order valence-electron chi connectivity index (χ0n) is 16.0. The summed E-state index contributed by atoms with van der Waals surface area (Å²) in [6.07, 6.45) is -0.729. The standard InChI is InChI=1S/C22H23NO5S/c1-27-19-11-7-17(8-12-19)15-23-16-22(24)18-9-13-20(14-10-18)28-29(25,26)21-5-3-2-4-6-21/h2-14,22-24H,15-16H2,1H3. The maximum absolute atomic E-state index is 12.2. The van der Waals surface area contributed by atoms with Crippen LogP contribution in [0.4, 0.5) is 0 Å². The van der Waals surface area contributed by atoms with E-state index in [9.17, 15) is 13.5 Å². The highest BCUT2D eigenvalue weighted by molar-refractivity contribution is 7.87. The van der Waals surface area contributed by atoms with Gasteiger partial charge >= 0.3 is 10.1 Å². The minimum absolute atomic E-state index is 0.0897. The van der Waals surface area contributed by atoms with Gasteiger partial charge in [-0.05, 0) is 47.5 Å². The van der Waals surface area contributed by atoms with Crippen LogP contribution in [-0.4, -0.2) is 27.2 Å². The minimum Gasteiger partial charge on any atom is -0.497 e. The Morgan fingerprint density at radius 3 is 2.14 bits per heavy atom. The average Bonchev–Trinajstić information content (AvgIpc) is 2.75. The number of methoxy groups -OCH3 is 1. The molecule has 2 N–H and O–H groups in total. The van der Waals surface area contributed by atoms with Crippen LogP contribution >= 0.6 is 0 Å². The lowest BCUT2D eigenvalue weighted by Crippen LogP contribution is -2.21. The third kappa shape index (κ3) is 5.80. The number of ether oxygens (including phenoxy) is 1. The fourth-order valence-corrected chi connectivity index (χ4v) is 3.67. The van der Waals surface area contributed by atoms with Crippen molar-refractivity contribution in [3.63, 3.8) is 0 Å². The van der Waals surface area contributed by atoms with E-state index in [1.807, 2.05) is 24.3 Å². The number of aliphatic hydroxyl groups is 1. The molecular formula is C22H23NO5S. The lowest BCUT2D eigenvalue weighted by atomic mass is 10.1. The van der Waals surface area contributed by atoms with E-state index in [1.54, 1.807) is 37.4 Å². The first kappa shape index (κ1) is 20.9. The average molecular weight is 413 g/mol. The van der Waals surface area contributed by atoms with Gasteiger partial charge in [-0.15, -0.1) is 0 Å². The molecule has 0 amide bonds. The van der Waals surface area contributed by atoms with Crippen LogP contribution in [0.1, 0.15) is 17.2 Å². The first-order valence-corrected chi connectivity index (χ1v) is 10.5. The molecule has 0 aliphatic rings. The van der Waals surface area contributed by atoms with E-state index in [1.165, 1.54) is 24.3 Å². The molecule has 0 aliphatic heterocycles. The predicted octanol–water partition coefficient (Wildman–Crippen LogP) is 3.29. The summed E-state index contributed by atoms with van der Waals surface area (Å²) in [7, 11) is -2.26. The Bertz CT molecular complexity index is 1000. The molecule has 29 heavy (non-hydrogen) atoms. The lowest BCUT2D eigenvalue weighted by molar-refractivity contribution is 0.174. The zero-order valence-corrected chi connectivity index (χ0v) is 16.8. The lowest BCUT2D eigenvalue weighted by Gasteiger charge is -2.13. The molecule has 1 atom stereocenters. The largest absolute Gasteiger partial charge is 0.497 e. The molecule has 0 aliphatic carbocycles. The predicted molar refractivity (Wildman–Crippen MR) is 110 cm³/mol. The highest BCUT2D eigenvalue weighted by atomic mass is 32.2. The number of benzene rings is 3. The number of hydrogen-bond donors (Lipinski definition) is 2. The van der Waals surface area contributed by atoms with Crippen molar-refractivity contribution in [2.24, 2.45) is 0 Å². The Hall–Kier alpha value is -2.87. The Morgan fingerprint density at radius 1 is 0.897 bits per heavy atom. The van der Waals surface area contributed by atoms with Gasteiger partial charge in [0.15, 0.2) is 0 Å². The topological polar surface area (TPSA) is 84.9 Å². The van der Waals surface area contributed by atoms with E-state index in [0.717, 1.165) is 11.3 Å². The molecule has 0 saturated heterocycles. The molecule has 0 fully saturated rings. The van der Waals surface area contributed by atoms with Crippen molar-refractivity contribution in [2.75, 3.05) is 13.7 Å². The molecule has 1 unspecified atom stereocenters. The molecule has 3 aromatic rings. The van der Waals surface area contributed by atoms with Gasteiger partial charge < -0.3 is 19.3 Å². The van der Waals surface area contributed by atoms with Crippen LogP contribution in [0.25, 0.3) is 0 Å². The second kappa shape index (κ2) is 9.56. The normalized spacial score (nSPS) is 12.3. The molecular weight excluding hydrogens is 390 g/mol. The van der Waals surface area contributed by atoms with Crippen LogP contribution in [0.15, 0.2) is 83.8 Å². The molecule has 152 valence electrons. The van der Waals surface area contributed by atoms with Crippen LogP contribution in [0.3, 0.4) is 0 Å². The summed E-state index contributed by atoms with van der Waals surface area (Å²) >= 11 is 0. The highest BCUT2D eigenvalue weighted by Crippen LogP contribution is 2.21. The van der Waals surface area contributed by atoms with E-state index in [2.05, 4.69) is 5.32 Å². The molecule has 0 heterocycles. The van der Waals surface area contributed by atoms with Gasteiger partial charge in [0.1, 0.15) is 16.4 Å². The van der Waals surface area contributed by atoms with Gasteiger partial charge in [-0.3, -0.25) is 0 Å². The quantitative estimate of drug-likeness (QED) is 0.524. The van der Waals surface area contributed by atoms with Gasteiger partial charge in [-0.2, -0.15) is 8.42 Å². The fraction of sp³-hybridized carbons (Fsp3) is 0.182. The van der Waals surface area contributed by atoms with Crippen molar-refractivity contribution in [1.82, 2.24) is 5.32 Å². The Labute approximate surface area is 170 Å². The molecule has 0 spiro atoms. The zero-order chi connectivity index (χ0) is 20.7. The molecule has 3 aromatic carbocycles. The summed E-state index contributed by atoms with van der Waals surface area (Å²) in [4.78, 5) is 0.0897. The second-order valence-corrected chi connectivity index (χ2v) is 7.96. The van der Waals surface area contributed by atoms with Crippen molar-refractivity contribution in [3.05, 3.63) is 90.0 Å². The van der Waals surface area contributed by atoms with Crippen molar-refractivity contribution in [3.8, 4) is 11.5 Å². The molecule has 7 heteroatoms. The van der Waals surface area contributed by atoms with Crippen LogP contribution in [-0.2, 0) is 16.7 Å². The third-order valence-corrected chi connectivity index (χ3v) is 5.59. The smallest absolute Gasteiger partial charge is 0.339 e. The van der Waals surface area contributed by atoms with Gasteiger partial charge in [0.05, 0.1) is 13.2 Å². The maximum atomic E-state index is 12.2. The van der Waals surface area contributed by atoms with Crippen LogP contribution in [0.2, 0.25) is 0 Å². The van der Waals surface area contributed by atoms with Gasteiger partial charge in [0.25, 0.3) is 0 Å². The van der Waals surface area contributed by atoms with E-state index in [0.29, 0.717) is 18.7 Å². The first-order chi connectivity index (χ1) is 14.0. The molecule has 3 rings (SSSR count). The van der Waals surface area contributed by atoms with E-state index < -0.39 is 16.2 Å². The Balaban J connectivity index is 1.53. The summed E-state index contributed by atoms with van der Waals surface area (Å²) < 4.78 is 34.8. The summed E-state index contributed by atoms with van der Waals surface area (Å²) in [6, 6.07) is 22.0. The molecule has 0 saturated carbocycles. The first-order valence-electron chi connectivity index (χ1n) is 9.09. The molecule has 0 aromatic heterocycles. The SMILES string of the molecule is COc1ccc(CNCC(O)c2ccc(OS(=O)(=O)c3ccccc3)cc2)cc1. The van der Waals surface area contributed by atoms with Crippen LogP contribution < -0.4 is 14.2 Å². The van der Waals surface area contributed by atoms with Crippen molar-refractivity contribution >= 4 is 10.1 Å². The minimum atomic E-state index is -3.88. The Morgan fingerprint density at radius 2 is 1.52 bits per heavy atom. The fourth-order valence-electron chi connectivity index (χ4n) is 2.72. The number of rotatable bonds is 9. The summed E-state index contributed by atoms with van der Waals surface area (Å²) in [5.41, 5.74) is 1.74. The highest BCUT2D eigenvalue weighted by Gasteiger charge is 2.16. The van der Waals surface area contributed by atoms with E-state index >= 15 is 0 Å². The molecule has 6 nitrogen and oxygen atoms in total. The van der Waals surface area contributed by atoms with Crippen molar-refractivity contribution in [1.29, 1.82) is 0 Å².